The summed E-state index contributed by atoms with van der Waals surface area (Å²) in [6.45, 7) is 16.7. The third kappa shape index (κ3) is 7.39. The van der Waals surface area contributed by atoms with Crippen molar-refractivity contribution in [2.24, 2.45) is 0 Å². The number of aliphatic hydroxyl groups is 1. The molecule has 4 rings (SSSR count). The molecule has 0 bridgehead atoms. The predicted octanol–water partition coefficient (Wildman–Crippen LogP) is 6.74. The number of aliphatic hydroxyl groups excluding tert-OH is 1. The summed E-state index contributed by atoms with van der Waals surface area (Å²) in [6, 6.07) is 8.26. The molecule has 1 N–H and O–H groups in total. The van der Waals surface area contributed by atoms with Gasteiger partial charge >= 0.3 is 0 Å². The van der Waals surface area contributed by atoms with Crippen LogP contribution in [0.2, 0.25) is 18.1 Å². The van der Waals surface area contributed by atoms with Crippen LogP contribution >= 0.6 is 0 Å². The Bertz CT molecular complexity index is 1230. The average molecular weight is 556 g/mol. The highest BCUT2D eigenvalue weighted by molar-refractivity contribution is 6.74. The Labute approximate surface area is 233 Å². The van der Waals surface area contributed by atoms with E-state index in [9.17, 15) is 5.11 Å². The van der Waals surface area contributed by atoms with E-state index in [4.69, 9.17) is 23.7 Å². The second kappa shape index (κ2) is 12.4. The van der Waals surface area contributed by atoms with Crippen LogP contribution in [0.5, 0.6) is 11.5 Å². The van der Waals surface area contributed by atoms with Crippen LogP contribution in [0.3, 0.4) is 0 Å². The first-order valence-electron chi connectivity index (χ1n) is 14.2. The van der Waals surface area contributed by atoms with Crippen LogP contribution in [0.25, 0.3) is 22.2 Å². The molecule has 0 saturated carbocycles. The molecule has 214 valence electrons. The molecule has 1 aliphatic rings. The number of aromatic nitrogens is 3. The first-order valence-corrected chi connectivity index (χ1v) is 17.1. The van der Waals surface area contributed by atoms with Crippen molar-refractivity contribution in [2.75, 3.05) is 19.8 Å². The van der Waals surface area contributed by atoms with Gasteiger partial charge in [0.25, 0.3) is 0 Å². The number of fused-ring (bicyclic) bond motifs is 1. The zero-order chi connectivity index (χ0) is 28.2. The Morgan fingerprint density at radius 2 is 1.92 bits per heavy atom. The largest absolute Gasteiger partial charge is 0.543 e. The highest BCUT2D eigenvalue weighted by Gasteiger charge is 2.39. The van der Waals surface area contributed by atoms with Gasteiger partial charge in [-0.2, -0.15) is 5.10 Å². The van der Waals surface area contributed by atoms with Crippen molar-refractivity contribution in [3.05, 3.63) is 36.7 Å². The second-order valence-electron chi connectivity index (χ2n) is 12.2. The summed E-state index contributed by atoms with van der Waals surface area (Å²) >= 11 is 0. The molecular weight excluding hydrogens is 510 g/mol. The van der Waals surface area contributed by atoms with Gasteiger partial charge in [0, 0.05) is 30.4 Å². The summed E-state index contributed by atoms with van der Waals surface area (Å²) < 4.78 is 26.6. The van der Waals surface area contributed by atoms with Gasteiger partial charge in [0.2, 0.25) is 8.32 Å². The molecule has 3 aromatic rings. The molecule has 0 amide bonds. The van der Waals surface area contributed by atoms with Gasteiger partial charge in [-0.1, -0.05) is 20.8 Å². The Hall–Kier alpha value is -2.46. The summed E-state index contributed by atoms with van der Waals surface area (Å²) in [5, 5.41) is 15.6. The fraction of sp³-hybridized carbons (Fsp3) is 0.600. The predicted molar refractivity (Wildman–Crippen MR) is 157 cm³/mol. The van der Waals surface area contributed by atoms with E-state index < -0.39 is 8.32 Å². The summed E-state index contributed by atoms with van der Waals surface area (Å²) in [5.41, 5.74) is 2.73. The molecule has 9 heteroatoms. The maximum Gasteiger partial charge on any atom is 0.250 e. The van der Waals surface area contributed by atoms with Crippen LogP contribution in [-0.4, -0.2) is 60.2 Å². The summed E-state index contributed by atoms with van der Waals surface area (Å²) in [6.07, 6.45) is 6.66. The smallest absolute Gasteiger partial charge is 0.250 e. The lowest BCUT2D eigenvalue weighted by Crippen LogP contribution is -2.43. The average Bonchev–Trinajstić information content (AvgIpc) is 3.25. The van der Waals surface area contributed by atoms with Crippen LogP contribution < -0.4 is 9.16 Å². The monoisotopic (exact) mass is 555 g/mol. The molecule has 3 atom stereocenters. The van der Waals surface area contributed by atoms with Crippen molar-refractivity contribution in [3.63, 3.8) is 0 Å². The minimum Gasteiger partial charge on any atom is -0.543 e. The Morgan fingerprint density at radius 1 is 1.13 bits per heavy atom. The molecule has 1 aliphatic heterocycles. The number of benzene rings is 1. The van der Waals surface area contributed by atoms with Crippen molar-refractivity contribution in [2.45, 2.75) is 96.9 Å². The molecule has 1 aromatic carbocycles. The lowest BCUT2D eigenvalue weighted by molar-refractivity contribution is -0.0365. The first-order chi connectivity index (χ1) is 18.4. The van der Waals surface area contributed by atoms with Gasteiger partial charge in [0.1, 0.15) is 23.3 Å². The zero-order valence-corrected chi connectivity index (χ0v) is 25.6. The Kier molecular flexibility index (Phi) is 9.36. The van der Waals surface area contributed by atoms with Crippen molar-refractivity contribution < 1.29 is 23.7 Å². The molecule has 3 heterocycles. The first kappa shape index (κ1) is 29.5. The van der Waals surface area contributed by atoms with Crippen molar-refractivity contribution in [1.29, 1.82) is 0 Å². The maximum absolute atomic E-state index is 9.42. The van der Waals surface area contributed by atoms with E-state index >= 15 is 0 Å². The van der Waals surface area contributed by atoms with E-state index in [1.807, 2.05) is 23.9 Å². The van der Waals surface area contributed by atoms with E-state index in [0.717, 1.165) is 53.8 Å². The molecule has 8 nitrogen and oxygen atoms in total. The second-order valence-corrected chi connectivity index (χ2v) is 16.9. The molecule has 1 unspecified atom stereocenters. The molecule has 0 aliphatic carbocycles. The molecular formula is C30H45N3O5Si. The zero-order valence-electron chi connectivity index (χ0n) is 24.6. The number of hydrogen-bond donors (Lipinski definition) is 1. The van der Waals surface area contributed by atoms with Gasteiger partial charge in [-0.3, -0.25) is 4.98 Å². The number of nitrogens with zero attached hydrogens (tertiary/aromatic N) is 3. The van der Waals surface area contributed by atoms with Gasteiger partial charge < -0.3 is 23.7 Å². The number of ether oxygens (including phenoxy) is 3. The van der Waals surface area contributed by atoms with E-state index in [2.05, 4.69) is 57.0 Å². The van der Waals surface area contributed by atoms with Crippen LogP contribution in [0.4, 0.5) is 0 Å². The number of hydrogen-bond acceptors (Lipinski definition) is 7. The van der Waals surface area contributed by atoms with E-state index in [-0.39, 0.29) is 23.5 Å². The lowest BCUT2D eigenvalue weighted by atomic mass is 10.1. The van der Waals surface area contributed by atoms with Crippen LogP contribution in [-0.2, 0) is 9.47 Å². The molecule has 2 aromatic heterocycles. The lowest BCUT2D eigenvalue weighted by Gasteiger charge is -2.36. The Balaban J connectivity index is 1.64. The van der Waals surface area contributed by atoms with Crippen LogP contribution in [0, 0.1) is 0 Å². The number of pyridine rings is 1. The van der Waals surface area contributed by atoms with Gasteiger partial charge in [-0.25, -0.2) is 4.68 Å². The third-order valence-corrected chi connectivity index (χ3v) is 12.0. The van der Waals surface area contributed by atoms with Crippen molar-refractivity contribution in [3.8, 4) is 22.8 Å². The molecule has 0 radical (unpaired) electrons. The number of rotatable bonds is 11. The van der Waals surface area contributed by atoms with Gasteiger partial charge in [0.15, 0.2) is 6.23 Å². The minimum absolute atomic E-state index is 0.0895. The van der Waals surface area contributed by atoms with Gasteiger partial charge in [0.05, 0.1) is 24.4 Å². The summed E-state index contributed by atoms with van der Waals surface area (Å²) in [4.78, 5) is 4.47. The molecule has 1 fully saturated rings. The minimum atomic E-state index is -2.01. The van der Waals surface area contributed by atoms with Crippen LogP contribution in [0.1, 0.15) is 66.5 Å². The normalized spacial score (nSPS) is 18.2. The van der Waals surface area contributed by atoms with E-state index in [1.54, 1.807) is 13.1 Å². The third-order valence-electron chi connectivity index (χ3n) is 7.64. The quantitative estimate of drug-likeness (QED) is 0.207. The fourth-order valence-electron chi connectivity index (χ4n) is 4.36. The molecule has 39 heavy (non-hydrogen) atoms. The van der Waals surface area contributed by atoms with Gasteiger partial charge in [-0.05, 0) is 81.9 Å². The SMILES string of the molecule is C[C@@H](O)CCOC[C@H](C)Oc1cncc(-c2nn(C3CCCCO3)c3ccc(O[Si](C)(C)C(C)(C)C)cc23)c1. The van der Waals surface area contributed by atoms with Crippen molar-refractivity contribution in [1.82, 2.24) is 14.8 Å². The standard InChI is InChI=1S/C30H45N3O5Si/c1-21(34)13-15-35-20-22(2)37-25-16-23(18-31-19-25)29-26-17-24(38-39(6,7)30(3,4)5)11-12-27(26)33(32-29)28-10-8-9-14-36-28/h11-12,16-19,21-22,28,34H,8-10,13-15,20H2,1-7H3/t21-,22+,28?/m1/s1. The maximum atomic E-state index is 9.42. The van der Waals surface area contributed by atoms with Crippen LogP contribution in [0.15, 0.2) is 36.7 Å². The highest BCUT2D eigenvalue weighted by atomic mass is 28.4. The molecule has 1 saturated heterocycles. The van der Waals surface area contributed by atoms with Gasteiger partial charge in [-0.15, -0.1) is 0 Å². The Morgan fingerprint density at radius 3 is 2.62 bits per heavy atom. The topological polar surface area (TPSA) is 87.9 Å². The van der Waals surface area contributed by atoms with E-state index in [1.165, 1.54) is 0 Å². The highest BCUT2D eigenvalue weighted by Crippen LogP contribution is 2.40. The molecule has 0 spiro atoms. The summed E-state index contributed by atoms with van der Waals surface area (Å²) in [5.74, 6) is 1.52. The van der Waals surface area contributed by atoms with Crippen molar-refractivity contribution >= 4 is 19.2 Å². The fourth-order valence-corrected chi connectivity index (χ4v) is 5.39. The summed E-state index contributed by atoms with van der Waals surface area (Å²) in [7, 11) is -2.01. The van der Waals surface area contributed by atoms with E-state index in [0.29, 0.717) is 25.4 Å².